The third kappa shape index (κ3) is 1.55. The number of aliphatic imine (C=N–C) groups is 1. The van der Waals surface area contributed by atoms with Gasteiger partial charge in [-0.25, -0.2) is 0 Å². The lowest BCUT2D eigenvalue weighted by molar-refractivity contribution is 0.740. The summed E-state index contributed by atoms with van der Waals surface area (Å²) < 4.78 is 1.79. The van der Waals surface area contributed by atoms with Crippen molar-refractivity contribution in [3.63, 3.8) is 0 Å². The van der Waals surface area contributed by atoms with Crippen LogP contribution in [0.5, 0.6) is 0 Å². The highest BCUT2D eigenvalue weighted by atomic mass is 15.3. The normalized spacial score (nSPS) is 10.7. The second-order valence-electron chi connectivity index (χ2n) is 2.25. The molecule has 1 aromatic rings. The zero-order valence-corrected chi connectivity index (χ0v) is 6.78. The summed E-state index contributed by atoms with van der Waals surface area (Å²) in [5, 5.41) is 4.04. The summed E-state index contributed by atoms with van der Waals surface area (Å²) in [7, 11) is 1.89. The van der Waals surface area contributed by atoms with Gasteiger partial charge in [-0.05, 0) is 6.92 Å². The zero-order chi connectivity index (χ0) is 8.27. The van der Waals surface area contributed by atoms with E-state index < -0.39 is 0 Å². The summed E-state index contributed by atoms with van der Waals surface area (Å²) in [6.07, 6.45) is 5.03. The van der Waals surface area contributed by atoms with Crippen molar-refractivity contribution in [2.45, 2.75) is 6.92 Å². The van der Waals surface area contributed by atoms with E-state index in [4.69, 9.17) is 0 Å². The fourth-order valence-electron chi connectivity index (χ4n) is 0.747. The lowest BCUT2D eigenvalue weighted by atomic mass is 10.4. The molecule has 58 valence electrons. The molecular weight excluding hydrogens is 138 g/mol. The third-order valence-corrected chi connectivity index (χ3v) is 1.53. The first-order valence-electron chi connectivity index (χ1n) is 3.39. The van der Waals surface area contributed by atoms with E-state index in [1.54, 1.807) is 23.2 Å². The molecule has 0 aliphatic rings. The molecule has 0 saturated carbocycles. The van der Waals surface area contributed by atoms with Crippen molar-refractivity contribution in [3.05, 3.63) is 24.5 Å². The molecule has 0 radical (unpaired) electrons. The van der Waals surface area contributed by atoms with Crippen LogP contribution in [0.25, 0.3) is 0 Å². The molecule has 0 N–H and O–H groups in total. The maximum Gasteiger partial charge on any atom is 0.104 e. The van der Waals surface area contributed by atoms with Crippen LogP contribution in [0, 0.1) is 6.92 Å². The van der Waals surface area contributed by atoms with Gasteiger partial charge in [0.15, 0.2) is 0 Å². The second kappa shape index (κ2) is 3.14. The summed E-state index contributed by atoms with van der Waals surface area (Å²) in [5.41, 5.74) is 1.95. The average Bonchev–Trinajstić information content (AvgIpc) is 2.31. The van der Waals surface area contributed by atoms with Gasteiger partial charge in [0.25, 0.3) is 0 Å². The Morgan fingerprint density at radius 3 is 2.91 bits per heavy atom. The second-order valence-corrected chi connectivity index (χ2v) is 2.25. The largest absolute Gasteiger partial charge is 0.271 e. The van der Waals surface area contributed by atoms with E-state index in [-0.39, 0.29) is 0 Å². The van der Waals surface area contributed by atoms with Gasteiger partial charge < -0.3 is 0 Å². The molecule has 3 nitrogen and oxygen atoms in total. The SMILES string of the molecule is C=CC=Nc1cnn(C)c1C. The van der Waals surface area contributed by atoms with Crippen LogP contribution in [-0.2, 0) is 7.05 Å². The lowest BCUT2D eigenvalue weighted by Crippen LogP contribution is -1.91. The van der Waals surface area contributed by atoms with E-state index in [1.165, 1.54) is 0 Å². The summed E-state index contributed by atoms with van der Waals surface area (Å²) in [5.74, 6) is 0. The molecule has 0 atom stereocenters. The molecule has 0 fully saturated rings. The van der Waals surface area contributed by atoms with E-state index >= 15 is 0 Å². The fourth-order valence-corrected chi connectivity index (χ4v) is 0.747. The van der Waals surface area contributed by atoms with Crippen molar-refractivity contribution in [2.24, 2.45) is 12.0 Å². The first-order valence-corrected chi connectivity index (χ1v) is 3.39. The minimum Gasteiger partial charge on any atom is -0.271 e. The van der Waals surface area contributed by atoms with Crippen LogP contribution in [-0.4, -0.2) is 16.0 Å². The van der Waals surface area contributed by atoms with Crippen LogP contribution in [0.4, 0.5) is 5.69 Å². The van der Waals surface area contributed by atoms with E-state index in [9.17, 15) is 0 Å². The van der Waals surface area contributed by atoms with Gasteiger partial charge in [0.1, 0.15) is 5.69 Å². The maximum atomic E-state index is 4.12. The van der Waals surface area contributed by atoms with Gasteiger partial charge in [-0.3, -0.25) is 9.67 Å². The standard InChI is InChI=1S/C8H11N3/c1-4-5-9-8-6-10-11(3)7(8)2/h4-6H,1H2,2-3H3. The van der Waals surface area contributed by atoms with Crippen molar-refractivity contribution < 1.29 is 0 Å². The van der Waals surface area contributed by atoms with E-state index in [0.29, 0.717) is 0 Å². The number of allylic oxidation sites excluding steroid dienone is 1. The number of hydrogen-bond acceptors (Lipinski definition) is 2. The number of aromatic nitrogens is 2. The Morgan fingerprint density at radius 1 is 1.73 bits per heavy atom. The third-order valence-electron chi connectivity index (χ3n) is 1.53. The number of aryl methyl sites for hydroxylation is 1. The Balaban J connectivity index is 2.95. The minimum atomic E-state index is 0.896. The topological polar surface area (TPSA) is 30.2 Å². The van der Waals surface area contributed by atoms with Crippen molar-refractivity contribution in [1.29, 1.82) is 0 Å². The fraction of sp³-hybridized carbons (Fsp3) is 0.250. The Labute approximate surface area is 66.1 Å². The van der Waals surface area contributed by atoms with Crippen molar-refractivity contribution in [3.8, 4) is 0 Å². The van der Waals surface area contributed by atoms with E-state index in [0.717, 1.165) is 11.4 Å². The van der Waals surface area contributed by atoms with Gasteiger partial charge in [-0.1, -0.05) is 12.7 Å². The lowest BCUT2D eigenvalue weighted by Gasteiger charge is -1.91. The Bertz CT molecular complexity index is 284. The molecule has 0 bridgehead atoms. The van der Waals surface area contributed by atoms with Crippen LogP contribution < -0.4 is 0 Å². The molecule has 1 aromatic heterocycles. The summed E-state index contributed by atoms with van der Waals surface area (Å²) in [6.45, 7) is 5.51. The molecule has 0 aliphatic heterocycles. The molecule has 0 aliphatic carbocycles. The first kappa shape index (κ1) is 7.72. The highest BCUT2D eigenvalue weighted by molar-refractivity contribution is 5.73. The van der Waals surface area contributed by atoms with Crippen LogP contribution in [0.15, 0.2) is 23.8 Å². The molecule has 0 amide bonds. The minimum absolute atomic E-state index is 0.896. The van der Waals surface area contributed by atoms with Crippen LogP contribution in [0.2, 0.25) is 0 Å². The van der Waals surface area contributed by atoms with Gasteiger partial charge in [-0.2, -0.15) is 5.10 Å². The van der Waals surface area contributed by atoms with Gasteiger partial charge in [0.05, 0.1) is 11.9 Å². The van der Waals surface area contributed by atoms with E-state index in [1.807, 2.05) is 14.0 Å². The molecule has 1 rings (SSSR count). The highest BCUT2D eigenvalue weighted by Crippen LogP contribution is 2.14. The van der Waals surface area contributed by atoms with Gasteiger partial charge >= 0.3 is 0 Å². The predicted octanol–water partition coefficient (Wildman–Crippen LogP) is 1.62. The first-order chi connectivity index (χ1) is 5.25. The summed E-state index contributed by atoms with van der Waals surface area (Å²) in [4.78, 5) is 4.12. The Morgan fingerprint density at radius 2 is 2.45 bits per heavy atom. The van der Waals surface area contributed by atoms with Crippen molar-refractivity contribution in [1.82, 2.24) is 9.78 Å². The molecule has 0 saturated heterocycles. The van der Waals surface area contributed by atoms with Crippen LogP contribution in [0.3, 0.4) is 0 Å². The number of rotatable bonds is 2. The molecule has 11 heavy (non-hydrogen) atoms. The van der Waals surface area contributed by atoms with Gasteiger partial charge in [0.2, 0.25) is 0 Å². The van der Waals surface area contributed by atoms with Crippen molar-refractivity contribution in [2.75, 3.05) is 0 Å². The number of hydrogen-bond donors (Lipinski definition) is 0. The predicted molar refractivity (Wildman–Crippen MR) is 46.3 cm³/mol. The van der Waals surface area contributed by atoms with Gasteiger partial charge in [0, 0.05) is 13.3 Å². The number of nitrogens with zero attached hydrogens (tertiary/aromatic N) is 3. The zero-order valence-electron chi connectivity index (χ0n) is 6.78. The van der Waals surface area contributed by atoms with Crippen LogP contribution >= 0.6 is 0 Å². The molecule has 0 unspecified atom stereocenters. The maximum absolute atomic E-state index is 4.12. The summed E-state index contributed by atoms with van der Waals surface area (Å²) in [6, 6.07) is 0. The van der Waals surface area contributed by atoms with E-state index in [2.05, 4.69) is 16.7 Å². The molecule has 3 heteroatoms. The highest BCUT2D eigenvalue weighted by Gasteiger charge is 1.98. The van der Waals surface area contributed by atoms with Crippen molar-refractivity contribution >= 4 is 11.9 Å². The monoisotopic (exact) mass is 149 g/mol. The average molecular weight is 149 g/mol. The van der Waals surface area contributed by atoms with Crippen LogP contribution in [0.1, 0.15) is 5.69 Å². The Kier molecular flexibility index (Phi) is 2.21. The molecular formula is C8H11N3. The summed E-state index contributed by atoms with van der Waals surface area (Å²) >= 11 is 0. The smallest absolute Gasteiger partial charge is 0.104 e. The Hall–Kier alpha value is -1.38. The molecule has 1 heterocycles. The molecule has 0 spiro atoms. The quantitative estimate of drug-likeness (QED) is 0.587. The van der Waals surface area contributed by atoms with Gasteiger partial charge in [-0.15, -0.1) is 0 Å². The molecule has 0 aromatic carbocycles.